The molecule has 1 aromatic heterocycles. The van der Waals surface area contributed by atoms with Gasteiger partial charge in [0.1, 0.15) is 34.6 Å². The average molecular weight is 714 g/mol. The van der Waals surface area contributed by atoms with Crippen LogP contribution in [0.1, 0.15) is 40.8 Å². The second-order valence-corrected chi connectivity index (χ2v) is 13.1. The first kappa shape index (κ1) is 36.3. The number of aryl methyl sites for hydroxylation is 2. The monoisotopic (exact) mass is 711 g/mol. The number of carbonyl (C=O) groups is 1. The largest absolute Gasteiger partial charge is 0.487 e. The van der Waals surface area contributed by atoms with Crippen LogP contribution in [0.3, 0.4) is 0 Å². The third kappa shape index (κ3) is 7.65. The maximum Gasteiger partial charge on any atom is 0.245 e. The molecule has 0 bridgehead atoms. The highest BCUT2D eigenvalue weighted by molar-refractivity contribution is 7.89. The van der Waals surface area contributed by atoms with Gasteiger partial charge in [0.2, 0.25) is 15.9 Å². The molecule has 240 valence electrons. The molecule has 0 saturated carbocycles. The average Bonchev–Trinajstić information content (AvgIpc) is 3.47. The first-order valence-corrected chi connectivity index (χ1v) is 15.9. The molecule has 1 atom stereocenters. The summed E-state index contributed by atoms with van der Waals surface area (Å²) in [5.74, 6) is 0.0247. The second-order valence-electron chi connectivity index (χ2n) is 10.5. The Bertz CT molecular complexity index is 1860. The number of hydrogen-bond donors (Lipinski definition) is 3. The summed E-state index contributed by atoms with van der Waals surface area (Å²) in [6, 6.07) is 16.5. The summed E-state index contributed by atoms with van der Waals surface area (Å²) in [4.78, 5) is 17.7. The fourth-order valence-corrected chi connectivity index (χ4v) is 7.82. The van der Waals surface area contributed by atoms with Gasteiger partial charge in [-0.05, 0) is 68.1 Å². The Morgan fingerprint density at radius 2 is 1.84 bits per heavy atom. The molecule has 3 aromatic carbocycles. The molecule has 1 amide bonds. The van der Waals surface area contributed by atoms with Crippen LogP contribution in [0, 0.1) is 19.3 Å². The van der Waals surface area contributed by atoms with E-state index in [0.29, 0.717) is 35.2 Å². The molecule has 4 N–H and O–H groups in total. The van der Waals surface area contributed by atoms with Gasteiger partial charge in [-0.1, -0.05) is 53.5 Å². The number of nitrogens with one attached hydrogen (secondary N) is 2. The normalized spacial score (nSPS) is 14.8. The Morgan fingerprint density at radius 1 is 1.11 bits per heavy atom. The number of benzene rings is 3. The Kier molecular flexibility index (Phi) is 12.1. The summed E-state index contributed by atoms with van der Waals surface area (Å²) >= 11 is 13.2. The van der Waals surface area contributed by atoms with Crippen LogP contribution < -0.4 is 15.8 Å². The molecule has 0 spiro atoms. The fraction of sp³-hybridized carbons (Fsp3) is 0.258. The highest BCUT2D eigenvalue weighted by atomic mass is 35.5. The van der Waals surface area contributed by atoms with E-state index in [2.05, 4.69) is 10.3 Å². The Balaban J connectivity index is 0.00000276. The summed E-state index contributed by atoms with van der Waals surface area (Å²) < 4.78 is 35.1. The Morgan fingerprint density at radius 3 is 2.58 bits per heavy atom. The van der Waals surface area contributed by atoms with Crippen molar-refractivity contribution in [3.05, 3.63) is 98.7 Å². The molecule has 0 unspecified atom stereocenters. The second kappa shape index (κ2) is 15.0. The van der Waals surface area contributed by atoms with Crippen LogP contribution in [0.2, 0.25) is 10.0 Å². The van der Waals surface area contributed by atoms with E-state index >= 15 is 0 Å². The molecule has 1 aliphatic rings. The zero-order valence-corrected chi connectivity index (χ0v) is 28.4. The number of hydrogen-bond acceptors (Lipinski definition) is 6. The van der Waals surface area contributed by atoms with Gasteiger partial charge >= 0.3 is 0 Å². The summed E-state index contributed by atoms with van der Waals surface area (Å²) in [5.41, 5.74) is 9.76. The van der Waals surface area contributed by atoms with Crippen LogP contribution in [0.4, 0.5) is 0 Å². The molecule has 0 radical (unpaired) electrons. The van der Waals surface area contributed by atoms with Crippen molar-refractivity contribution in [3.63, 3.8) is 0 Å². The van der Waals surface area contributed by atoms with E-state index in [1.165, 1.54) is 16.4 Å². The first-order valence-electron chi connectivity index (χ1n) is 13.7. The van der Waals surface area contributed by atoms with Crippen molar-refractivity contribution >= 4 is 80.7 Å². The molecule has 14 heteroatoms. The summed E-state index contributed by atoms with van der Waals surface area (Å²) in [6.07, 6.45) is 0.887. The summed E-state index contributed by atoms with van der Waals surface area (Å²) in [6.45, 7) is 4.16. The predicted molar refractivity (Wildman–Crippen MR) is 183 cm³/mol. The number of aromatic nitrogens is 1. The minimum atomic E-state index is -4.16. The molecule has 45 heavy (non-hydrogen) atoms. The van der Waals surface area contributed by atoms with Gasteiger partial charge in [0, 0.05) is 40.3 Å². The Hall–Kier alpha value is -3.12. The molecule has 2 heterocycles. The minimum Gasteiger partial charge on any atom is -0.487 e. The lowest BCUT2D eigenvalue weighted by Gasteiger charge is -2.24. The van der Waals surface area contributed by atoms with E-state index in [1.54, 1.807) is 30.3 Å². The van der Waals surface area contributed by atoms with Crippen LogP contribution >= 0.6 is 48.0 Å². The lowest BCUT2D eigenvalue weighted by Crippen LogP contribution is -2.45. The smallest absolute Gasteiger partial charge is 0.245 e. The lowest BCUT2D eigenvalue weighted by atomic mass is 10.1. The van der Waals surface area contributed by atoms with Gasteiger partial charge in [0.25, 0.3) is 0 Å². The van der Waals surface area contributed by atoms with Crippen LogP contribution in [-0.2, 0) is 28.0 Å². The van der Waals surface area contributed by atoms with Crippen LogP contribution in [0.5, 0.6) is 5.75 Å². The topological polar surface area (TPSA) is 138 Å². The number of amides is 1. The number of carbonyl (C=O) groups excluding carboxylic acids is 1. The molecule has 5 rings (SSSR count). The number of sulfonamides is 1. The van der Waals surface area contributed by atoms with Gasteiger partial charge in [-0.3, -0.25) is 10.2 Å². The van der Waals surface area contributed by atoms with E-state index in [4.69, 9.17) is 39.1 Å². The lowest BCUT2D eigenvalue weighted by molar-refractivity contribution is -0.124. The number of ether oxygens (including phenoxy) is 1. The van der Waals surface area contributed by atoms with Gasteiger partial charge in [-0.15, -0.1) is 24.8 Å². The number of rotatable bonds is 9. The van der Waals surface area contributed by atoms with E-state index in [9.17, 15) is 13.2 Å². The molecule has 1 fully saturated rings. The maximum absolute atomic E-state index is 13.9. The van der Waals surface area contributed by atoms with Gasteiger partial charge in [-0.2, -0.15) is 4.31 Å². The maximum atomic E-state index is 13.9. The number of pyridine rings is 1. The quantitative estimate of drug-likeness (QED) is 0.137. The third-order valence-corrected chi connectivity index (χ3v) is 10.3. The molecule has 1 saturated heterocycles. The van der Waals surface area contributed by atoms with Crippen molar-refractivity contribution in [2.75, 3.05) is 6.54 Å². The molecule has 0 aliphatic carbocycles. The van der Waals surface area contributed by atoms with Crippen molar-refractivity contribution in [2.24, 2.45) is 5.73 Å². The zero-order valence-electron chi connectivity index (χ0n) is 24.5. The van der Waals surface area contributed by atoms with Crippen LogP contribution in [0.25, 0.3) is 10.9 Å². The number of halogens is 4. The molecule has 9 nitrogen and oxygen atoms in total. The fourth-order valence-electron chi connectivity index (χ4n) is 5.30. The first-order chi connectivity index (χ1) is 20.5. The van der Waals surface area contributed by atoms with E-state index < -0.39 is 22.0 Å². The summed E-state index contributed by atoms with van der Waals surface area (Å²) in [5, 5.41) is 11.6. The Labute approximate surface area is 284 Å². The van der Waals surface area contributed by atoms with Crippen molar-refractivity contribution < 1.29 is 17.9 Å². The SMILES string of the molecule is Cc1cc(C)c2cccc(OCc3c(Cl)ccc(S(=O)(=O)N4CCC[C@H]4C(=O)NCc4cccc(C(=N)N)c4)c3Cl)c2n1.Cl.Cl. The van der Waals surface area contributed by atoms with Crippen molar-refractivity contribution in [1.29, 1.82) is 5.41 Å². The van der Waals surface area contributed by atoms with Gasteiger partial charge in [0.05, 0.1) is 5.02 Å². The number of fused-ring (bicyclic) bond motifs is 1. The highest BCUT2D eigenvalue weighted by Gasteiger charge is 2.40. The predicted octanol–water partition coefficient (Wildman–Crippen LogP) is 6.33. The van der Waals surface area contributed by atoms with Gasteiger partial charge in [0.15, 0.2) is 0 Å². The molecular weight excluding hydrogens is 680 g/mol. The van der Waals surface area contributed by atoms with Crippen molar-refractivity contribution in [2.45, 2.75) is 50.8 Å². The van der Waals surface area contributed by atoms with E-state index in [-0.39, 0.29) is 65.3 Å². The van der Waals surface area contributed by atoms with Gasteiger partial charge < -0.3 is 15.8 Å². The summed E-state index contributed by atoms with van der Waals surface area (Å²) in [7, 11) is -4.16. The zero-order chi connectivity index (χ0) is 30.9. The standard InChI is InChI=1S/C31H31Cl2N5O4S.2ClH/c1-18-14-19(2)37-29-22(18)8-4-10-26(29)42-17-23-24(32)11-12-27(28(23)33)43(40,41)38-13-5-9-25(38)31(39)36-16-20-6-3-7-21(15-20)30(34)35;;/h3-4,6-8,10-12,14-15,25H,5,9,13,16-17H2,1-2H3,(H3,34,35)(H,36,39);2*1H/t25-;;/m0../s1. The molecule has 1 aliphatic heterocycles. The molecule has 4 aromatic rings. The number of para-hydroxylation sites is 1. The van der Waals surface area contributed by atoms with Crippen molar-refractivity contribution in [1.82, 2.24) is 14.6 Å². The van der Waals surface area contributed by atoms with Gasteiger partial charge in [-0.25, -0.2) is 13.4 Å². The highest BCUT2D eigenvalue weighted by Crippen LogP contribution is 2.36. The number of nitrogens with two attached hydrogens (primary N) is 1. The number of nitrogen functional groups attached to an aromatic ring is 1. The minimum absolute atomic E-state index is 0. The van der Waals surface area contributed by atoms with E-state index in [1.807, 2.05) is 32.0 Å². The van der Waals surface area contributed by atoms with E-state index in [0.717, 1.165) is 22.2 Å². The van der Waals surface area contributed by atoms with Crippen LogP contribution in [0.15, 0.2) is 65.6 Å². The van der Waals surface area contributed by atoms with Crippen molar-refractivity contribution in [3.8, 4) is 5.75 Å². The third-order valence-electron chi connectivity index (χ3n) is 7.46. The number of nitrogens with zero attached hydrogens (tertiary/aromatic N) is 2. The number of amidine groups is 1. The van der Waals surface area contributed by atoms with Crippen LogP contribution in [-0.4, -0.2) is 42.0 Å². The molecular formula is C31H33Cl4N5O4S.